The molecule has 1 aromatic heterocycles. The smallest absolute Gasteiger partial charge is 0.378 e. The molecule has 1 aromatic carbocycles. The lowest BCUT2D eigenvalue weighted by Gasteiger charge is -2.10. The summed E-state index contributed by atoms with van der Waals surface area (Å²) >= 11 is 0. The fourth-order valence-corrected chi connectivity index (χ4v) is 1.70. The van der Waals surface area contributed by atoms with Crippen molar-refractivity contribution in [2.24, 2.45) is 0 Å². The first-order valence-corrected chi connectivity index (χ1v) is 5.53. The third-order valence-electron chi connectivity index (χ3n) is 2.60. The summed E-state index contributed by atoms with van der Waals surface area (Å²) in [6, 6.07) is 4.59. The monoisotopic (exact) mass is 285 g/mol. The molecule has 0 aliphatic heterocycles. The summed E-state index contributed by atoms with van der Waals surface area (Å²) in [6.07, 6.45) is -3.98. The second kappa shape index (κ2) is 5.41. The van der Waals surface area contributed by atoms with Crippen LogP contribution in [0.3, 0.4) is 0 Å². The van der Waals surface area contributed by atoms with Gasteiger partial charge in [-0.1, -0.05) is 11.3 Å². The molecule has 2 aromatic rings. The van der Waals surface area contributed by atoms with Gasteiger partial charge in [-0.05, 0) is 18.2 Å². The van der Waals surface area contributed by atoms with Gasteiger partial charge in [-0.3, -0.25) is 4.79 Å². The largest absolute Gasteiger partial charge is 0.416 e. The molecule has 0 bridgehead atoms. The number of halogens is 3. The Balaban J connectivity index is 2.51. The summed E-state index contributed by atoms with van der Waals surface area (Å²) in [5, 5.41) is 7.29. The van der Waals surface area contributed by atoms with Gasteiger partial charge < -0.3 is 4.74 Å². The van der Waals surface area contributed by atoms with E-state index in [-0.39, 0.29) is 18.0 Å². The van der Waals surface area contributed by atoms with Crippen molar-refractivity contribution in [1.29, 1.82) is 0 Å². The number of alkyl halides is 3. The highest BCUT2D eigenvalue weighted by molar-refractivity contribution is 5.73. The lowest BCUT2D eigenvalue weighted by Crippen LogP contribution is -2.09. The Bertz CT molecular complexity index is 623. The molecule has 0 fully saturated rings. The van der Waals surface area contributed by atoms with Crippen LogP contribution in [0.15, 0.2) is 24.3 Å². The van der Waals surface area contributed by atoms with E-state index >= 15 is 0 Å². The maximum Gasteiger partial charge on any atom is 0.416 e. The number of aldehydes is 1. The van der Waals surface area contributed by atoms with Crippen molar-refractivity contribution < 1.29 is 22.7 Å². The quantitative estimate of drug-likeness (QED) is 0.808. The molecule has 20 heavy (non-hydrogen) atoms. The van der Waals surface area contributed by atoms with Crippen molar-refractivity contribution in [3.63, 3.8) is 0 Å². The van der Waals surface area contributed by atoms with E-state index in [9.17, 15) is 18.0 Å². The Morgan fingerprint density at radius 1 is 1.40 bits per heavy atom. The van der Waals surface area contributed by atoms with Crippen LogP contribution in [0.25, 0.3) is 5.69 Å². The summed E-state index contributed by atoms with van der Waals surface area (Å²) in [5.41, 5.74) is -0.319. The minimum atomic E-state index is -4.45. The van der Waals surface area contributed by atoms with E-state index in [1.165, 1.54) is 19.2 Å². The van der Waals surface area contributed by atoms with Crippen molar-refractivity contribution in [3.05, 3.63) is 41.2 Å². The molecule has 0 saturated heterocycles. The molecule has 5 nitrogen and oxygen atoms in total. The Hall–Kier alpha value is -2.22. The topological polar surface area (TPSA) is 57.0 Å². The average molecular weight is 285 g/mol. The van der Waals surface area contributed by atoms with Gasteiger partial charge in [0.2, 0.25) is 0 Å². The Morgan fingerprint density at radius 3 is 2.75 bits per heavy atom. The standard InChI is InChI=1S/C12H10F3N3O2/c1-20-7-11-10(6-19)16-17-18(11)9-4-2-3-8(5-9)12(13,14)15/h2-6H,7H2,1H3. The normalized spacial score (nSPS) is 11.6. The van der Waals surface area contributed by atoms with Gasteiger partial charge in [0, 0.05) is 7.11 Å². The molecular formula is C12H10F3N3O2. The second-order valence-corrected chi connectivity index (χ2v) is 3.93. The van der Waals surface area contributed by atoms with Gasteiger partial charge >= 0.3 is 6.18 Å². The number of hydrogen-bond donors (Lipinski definition) is 0. The third kappa shape index (κ3) is 2.69. The highest BCUT2D eigenvalue weighted by atomic mass is 19.4. The van der Waals surface area contributed by atoms with Crippen molar-refractivity contribution in [2.45, 2.75) is 12.8 Å². The maximum absolute atomic E-state index is 12.7. The van der Waals surface area contributed by atoms with Crippen LogP contribution < -0.4 is 0 Å². The zero-order valence-corrected chi connectivity index (χ0v) is 10.4. The first-order valence-electron chi connectivity index (χ1n) is 5.53. The number of benzene rings is 1. The summed E-state index contributed by atoms with van der Waals surface area (Å²) in [5.74, 6) is 0. The fraction of sp³-hybridized carbons (Fsp3) is 0.250. The average Bonchev–Trinajstić information content (AvgIpc) is 2.81. The maximum atomic E-state index is 12.7. The van der Waals surface area contributed by atoms with E-state index in [1.807, 2.05) is 0 Å². The molecule has 0 unspecified atom stereocenters. The molecule has 0 saturated carbocycles. The van der Waals surface area contributed by atoms with Crippen molar-refractivity contribution in [2.75, 3.05) is 7.11 Å². The minimum absolute atomic E-state index is 0.0112. The van der Waals surface area contributed by atoms with E-state index in [1.54, 1.807) is 0 Å². The molecule has 0 atom stereocenters. The van der Waals surface area contributed by atoms with Crippen LogP contribution in [-0.4, -0.2) is 28.4 Å². The lowest BCUT2D eigenvalue weighted by molar-refractivity contribution is -0.137. The van der Waals surface area contributed by atoms with E-state index in [0.717, 1.165) is 16.8 Å². The minimum Gasteiger partial charge on any atom is -0.378 e. The highest BCUT2D eigenvalue weighted by Gasteiger charge is 2.30. The van der Waals surface area contributed by atoms with Crippen LogP contribution >= 0.6 is 0 Å². The number of ether oxygens (including phenoxy) is 1. The van der Waals surface area contributed by atoms with E-state index in [2.05, 4.69) is 10.3 Å². The van der Waals surface area contributed by atoms with Crippen LogP contribution in [-0.2, 0) is 17.5 Å². The van der Waals surface area contributed by atoms with Gasteiger partial charge in [0.15, 0.2) is 12.0 Å². The van der Waals surface area contributed by atoms with E-state index in [0.29, 0.717) is 12.0 Å². The zero-order chi connectivity index (χ0) is 14.8. The molecule has 0 amide bonds. The predicted molar refractivity (Wildman–Crippen MR) is 62.5 cm³/mol. The number of nitrogens with zero attached hydrogens (tertiary/aromatic N) is 3. The second-order valence-electron chi connectivity index (χ2n) is 3.93. The number of hydrogen-bond acceptors (Lipinski definition) is 4. The van der Waals surface area contributed by atoms with Crippen LogP contribution in [0.5, 0.6) is 0 Å². The molecule has 1 heterocycles. The fourth-order valence-electron chi connectivity index (χ4n) is 1.70. The first-order chi connectivity index (χ1) is 9.47. The molecule has 2 rings (SSSR count). The molecule has 106 valence electrons. The third-order valence-corrected chi connectivity index (χ3v) is 2.60. The molecular weight excluding hydrogens is 275 g/mol. The number of carbonyl (C=O) groups excluding carboxylic acids is 1. The number of methoxy groups -OCH3 is 1. The predicted octanol–water partition coefficient (Wildman–Crippen LogP) is 2.25. The highest BCUT2D eigenvalue weighted by Crippen LogP contribution is 2.30. The summed E-state index contributed by atoms with van der Waals surface area (Å²) in [7, 11) is 1.40. The SMILES string of the molecule is COCc1c(C=O)nnn1-c1cccc(C(F)(F)F)c1. The summed E-state index contributed by atoms with van der Waals surface area (Å²) in [6.45, 7) is 0.0112. The van der Waals surface area contributed by atoms with Crippen LogP contribution in [0.2, 0.25) is 0 Å². The Labute approximate surface area is 112 Å². The molecule has 0 aliphatic rings. The van der Waals surface area contributed by atoms with Crippen LogP contribution in [0.4, 0.5) is 13.2 Å². The van der Waals surface area contributed by atoms with E-state index < -0.39 is 11.7 Å². The molecule has 0 N–H and O–H groups in total. The van der Waals surface area contributed by atoms with E-state index in [4.69, 9.17) is 4.74 Å². The van der Waals surface area contributed by atoms with Gasteiger partial charge in [-0.15, -0.1) is 5.10 Å². The summed E-state index contributed by atoms with van der Waals surface area (Å²) < 4.78 is 44.1. The Morgan fingerprint density at radius 2 is 2.15 bits per heavy atom. The van der Waals surface area contributed by atoms with Gasteiger partial charge in [0.05, 0.1) is 17.9 Å². The summed E-state index contributed by atoms with van der Waals surface area (Å²) in [4.78, 5) is 10.8. The van der Waals surface area contributed by atoms with Crippen LogP contribution in [0.1, 0.15) is 21.7 Å². The van der Waals surface area contributed by atoms with Crippen molar-refractivity contribution >= 4 is 6.29 Å². The Kier molecular flexibility index (Phi) is 3.84. The number of aromatic nitrogens is 3. The van der Waals surface area contributed by atoms with Gasteiger partial charge in [0.25, 0.3) is 0 Å². The number of carbonyl (C=O) groups is 1. The van der Waals surface area contributed by atoms with Crippen molar-refractivity contribution in [3.8, 4) is 5.69 Å². The lowest BCUT2D eigenvalue weighted by atomic mass is 10.2. The molecule has 8 heteroatoms. The zero-order valence-electron chi connectivity index (χ0n) is 10.4. The molecule has 0 spiro atoms. The van der Waals surface area contributed by atoms with Gasteiger partial charge in [0.1, 0.15) is 5.69 Å². The van der Waals surface area contributed by atoms with Crippen molar-refractivity contribution in [1.82, 2.24) is 15.0 Å². The van der Waals surface area contributed by atoms with Gasteiger partial charge in [-0.2, -0.15) is 13.2 Å². The molecule has 0 aliphatic carbocycles. The van der Waals surface area contributed by atoms with Crippen LogP contribution in [0, 0.1) is 0 Å². The first kappa shape index (κ1) is 14.2. The number of rotatable bonds is 4. The molecule has 0 radical (unpaired) electrons. The van der Waals surface area contributed by atoms with Gasteiger partial charge in [-0.25, -0.2) is 4.68 Å².